The van der Waals surface area contributed by atoms with Crippen LogP contribution in [-0.4, -0.2) is 78.2 Å². The molecule has 9 heteroatoms. The van der Waals surface area contributed by atoms with Gasteiger partial charge in [0.25, 0.3) is 0 Å². The summed E-state index contributed by atoms with van der Waals surface area (Å²) >= 11 is 0. The molecule has 2 saturated heterocycles. The molecular weight excluding hydrogens is 388 g/mol. The predicted octanol–water partition coefficient (Wildman–Crippen LogP) is 1.44. The first kappa shape index (κ1) is 24.4. The van der Waals surface area contributed by atoms with Crippen molar-refractivity contribution in [2.75, 3.05) is 39.3 Å². The van der Waals surface area contributed by atoms with Crippen LogP contribution in [0.3, 0.4) is 0 Å². The molecule has 2 aliphatic heterocycles. The number of carbonyl (C=O) groups is 3. The van der Waals surface area contributed by atoms with Crippen LogP contribution in [-0.2, 0) is 14.3 Å². The SMILES string of the molecule is CC(C)(C)OC(=O)N1CC(CN)C(C(=O)C2CN(C(=O)OC(C)(C)C)CC2CN)C1. The smallest absolute Gasteiger partial charge is 0.410 e. The Morgan fingerprint density at radius 1 is 0.733 bits per heavy atom. The molecule has 0 saturated carbocycles. The van der Waals surface area contributed by atoms with Gasteiger partial charge in [-0.15, -0.1) is 0 Å². The highest BCUT2D eigenvalue weighted by molar-refractivity contribution is 5.87. The molecule has 0 aromatic rings. The number of hydrogen-bond donors (Lipinski definition) is 2. The second-order valence-electron chi connectivity index (χ2n) is 10.4. The van der Waals surface area contributed by atoms with Gasteiger partial charge in [-0.2, -0.15) is 0 Å². The second kappa shape index (κ2) is 9.09. The number of ketones is 1. The highest BCUT2D eigenvalue weighted by Gasteiger charge is 2.47. The molecular formula is C21H38N4O5. The van der Waals surface area contributed by atoms with Crippen molar-refractivity contribution in [1.82, 2.24) is 9.80 Å². The molecule has 4 N–H and O–H groups in total. The van der Waals surface area contributed by atoms with Crippen LogP contribution >= 0.6 is 0 Å². The highest BCUT2D eigenvalue weighted by Crippen LogP contribution is 2.33. The van der Waals surface area contributed by atoms with Gasteiger partial charge in [0, 0.05) is 49.9 Å². The Bertz CT molecular complexity index is 601. The molecule has 4 atom stereocenters. The first-order valence-electron chi connectivity index (χ1n) is 10.7. The average Bonchev–Trinajstić information content (AvgIpc) is 3.22. The fourth-order valence-corrected chi connectivity index (χ4v) is 4.09. The van der Waals surface area contributed by atoms with E-state index >= 15 is 0 Å². The van der Waals surface area contributed by atoms with Crippen molar-refractivity contribution in [2.45, 2.75) is 52.7 Å². The zero-order valence-corrected chi connectivity index (χ0v) is 19.1. The summed E-state index contributed by atoms with van der Waals surface area (Å²) in [6, 6.07) is 0. The van der Waals surface area contributed by atoms with Crippen LogP contribution in [0.25, 0.3) is 0 Å². The largest absolute Gasteiger partial charge is 0.444 e. The molecule has 0 aliphatic carbocycles. The number of Topliss-reactive ketones (excluding diaryl/α,β-unsaturated/α-hetero) is 1. The van der Waals surface area contributed by atoms with Crippen LogP contribution in [0.4, 0.5) is 9.59 Å². The zero-order valence-electron chi connectivity index (χ0n) is 19.1. The Morgan fingerprint density at radius 2 is 1.07 bits per heavy atom. The van der Waals surface area contributed by atoms with Gasteiger partial charge in [-0.05, 0) is 54.6 Å². The second-order valence-corrected chi connectivity index (χ2v) is 10.4. The molecule has 0 radical (unpaired) electrons. The van der Waals surface area contributed by atoms with E-state index in [0.717, 1.165) is 0 Å². The molecule has 0 spiro atoms. The molecule has 2 amide bonds. The van der Waals surface area contributed by atoms with Crippen molar-refractivity contribution in [3.05, 3.63) is 0 Å². The molecule has 4 unspecified atom stereocenters. The molecule has 30 heavy (non-hydrogen) atoms. The number of likely N-dealkylation sites (tertiary alicyclic amines) is 2. The monoisotopic (exact) mass is 426 g/mol. The van der Waals surface area contributed by atoms with Gasteiger partial charge in [0.1, 0.15) is 17.0 Å². The first-order chi connectivity index (χ1) is 13.8. The third-order valence-corrected chi connectivity index (χ3v) is 5.52. The van der Waals surface area contributed by atoms with Crippen LogP contribution in [0.2, 0.25) is 0 Å². The minimum atomic E-state index is -0.610. The summed E-state index contributed by atoms with van der Waals surface area (Å²) in [6.45, 7) is 12.7. The fraction of sp³-hybridized carbons (Fsp3) is 0.857. The van der Waals surface area contributed by atoms with E-state index in [-0.39, 0.29) is 42.5 Å². The van der Waals surface area contributed by atoms with E-state index in [1.54, 1.807) is 51.3 Å². The predicted molar refractivity (Wildman–Crippen MR) is 113 cm³/mol. The normalized spacial score (nSPS) is 27.3. The third-order valence-electron chi connectivity index (χ3n) is 5.52. The van der Waals surface area contributed by atoms with Gasteiger partial charge in [-0.1, -0.05) is 0 Å². The fourth-order valence-electron chi connectivity index (χ4n) is 4.09. The summed E-state index contributed by atoms with van der Waals surface area (Å²) in [7, 11) is 0. The van der Waals surface area contributed by atoms with Gasteiger partial charge in [-0.25, -0.2) is 9.59 Å². The standard InChI is InChI=1S/C21H38N4O5/c1-20(2,3)29-18(27)24-9-13(7-22)15(11-24)17(26)16-12-25(10-14(16)8-23)19(28)30-21(4,5)6/h13-16H,7-12,22-23H2,1-6H3. The van der Waals surface area contributed by atoms with Gasteiger partial charge in [0.05, 0.1) is 0 Å². The van der Waals surface area contributed by atoms with E-state index in [9.17, 15) is 14.4 Å². The number of hydrogen-bond acceptors (Lipinski definition) is 7. The van der Waals surface area contributed by atoms with Crippen molar-refractivity contribution in [3.63, 3.8) is 0 Å². The summed E-state index contributed by atoms with van der Waals surface area (Å²) in [6.07, 6.45) is -0.873. The summed E-state index contributed by atoms with van der Waals surface area (Å²) < 4.78 is 10.9. The number of ether oxygens (including phenoxy) is 2. The summed E-state index contributed by atoms with van der Waals surface area (Å²) in [5.74, 6) is -1.05. The number of carbonyl (C=O) groups excluding carboxylic acids is 3. The maximum absolute atomic E-state index is 13.4. The molecule has 0 aromatic carbocycles. The van der Waals surface area contributed by atoms with Gasteiger partial charge < -0.3 is 30.7 Å². The summed E-state index contributed by atoms with van der Waals surface area (Å²) in [5, 5.41) is 0. The zero-order chi connectivity index (χ0) is 22.9. The molecule has 9 nitrogen and oxygen atoms in total. The van der Waals surface area contributed by atoms with Crippen molar-refractivity contribution in [3.8, 4) is 0 Å². The topological polar surface area (TPSA) is 128 Å². The van der Waals surface area contributed by atoms with E-state index < -0.39 is 23.4 Å². The van der Waals surface area contributed by atoms with E-state index in [2.05, 4.69) is 0 Å². The van der Waals surface area contributed by atoms with E-state index in [1.165, 1.54) is 0 Å². The van der Waals surface area contributed by atoms with E-state index in [4.69, 9.17) is 20.9 Å². The van der Waals surface area contributed by atoms with Crippen molar-refractivity contribution < 1.29 is 23.9 Å². The first-order valence-corrected chi connectivity index (χ1v) is 10.7. The average molecular weight is 427 g/mol. The Kier molecular flexibility index (Phi) is 7.40. The lowest BCUT2D eigenvalue weighted by Crippen LogP contribution is -2.39. The summed E-state index contributed by atoms with van der Waals surface area (Å²) in [4.78, 5) is 41.5. The van der Waals surface area contributed by atoms with Gasteiger partial charge in [0.2, 0.25) is 0 Å². The molecule has 2 fully saturated rings. The minimum absolute atomic E-state index is 0.0121. The van der Waals surface area contributed by atoms with Crippen molar-refractivity contribution in [1.29, 1.82) is 0 Å². The number of amides is 2. The molecule has 2 heterocycles. The molecule has 2 rings (SSSR count). The number of nitrogens with two attached hydrogens (primary N) is 2. The van der Waals surface area contributed by atoms with Crippen molar-refractivity contribution >= 4 is 18.0 Å². The summed E-state index contributed by atoms with van der Waals surface area (Å²) in [5.41, 5.74) is 10.6. The van der Waals surface area contributed by atoms with E-state index in [0.29, 0.717) is 26.2 Å². The van der Waals surface area contributed by atoms with Crippen LogP contribution in [0.1, 0.15) is 41.5 Å². The highest BCUT2D eigenvalue weighted by atomic mass is 16.6. The van der Waals surface area contributed by atoms with Crippen molar-refractivity contribution in [2.24, 2.45) is 35.1 Å². The van der Waals surface area contributed by atoms with Crippen LogP contribution < -0.4 is 11.5 Å². The Labute approximate surface area is 179 Å². The Hall–Kier alpha value is -1.87. The lowest BCUT2D eigenvalue weighted by atomic mass is 9.81. The Balaban J connectivity index is 2.09. The number of rotatable bonds is 4. The van der Waals surface area contributed by atoms with Crippen LogP contribution in [0, 0.1) is 23.7 Å². The lowest BCUT2D eigenvalue weighted by Gasteiger charge is -2.25. The maximum atomic E-state index is 13.4. The van der Waals surface area contributed by atoms with Gasteiger partial charge >= 0.3 is 12.2 Å². The lowest BCUT2D eigenvalue weighted by molar-refractivity contribution is -0.128. The molecule has 0 aromatic heterocycles. The van der Waals surface area contributed by atoms with Crippen LogP contribution in [0.15, 0.2) is 0 Å². The maximum Gasteiger partial charge on any atom is 0.410 e. The number of nitrogens with zero attached hydrogens (tertiary/aromatic N) is 2. The molecule has 172 valence electrons. The molecule has 2 aliphatic rings. The van der Waals surface area contributed by atoms with E-state index in [1.807, 2.05) is 0 Å². The minimum Gasteiger partial charge on any atom is -0.444 e. The Morgan fingerprint density at radius 3 is 1.33 bits per heavy atom. The van der Waals surface area contributed by atoms with Crippen LogP contribution in [0.5, 0.6) is 0 Å². The quantitative estimate of drug-likeness (QED) is 0.696. The molecule has 0 bridgehead atoms. The third kappa shape index (κ3) is 6.07. The van der Waals surface area contributed by atoms with Gasteiger partial charge in [0.15, 0.2) is 0 Å². The van der Waals surface area contributed by atoms with Gasteiger partial charge in [-0.3, -0.25) is 4.79 Å².